The molecule has 0 N–H and O–H groups in total. The minimum absolute atomic E-state index is 0.0913. The third kappa shape index (κ3) is 4.15. The van der Waals surface area contributed by atoms with Gasteiger partial charge in [-0.3, -0.25) is 18.7 Å². The van der Waals surface area contributed by atoms with Crippen molar-refractivity contribution in [1.82, 2.24) is 14.0 Å². The molecule has 1 aromatic heterocycles. The van der Waals surface area contributed by atoms with Crippen LogP contribution in [0.3, 0.4) is 0 Å². The Morgan fingerprint density at radius 1 is 1.15 bits per heavy atom. The van der Waals surface area contributed by atoms with Crippen LogP contribution in [0.5, 0.6) is 0 Å². The number of hydrogen-bond acceptors (Lipinski definition) is 4. The number of hydrogen-bond donors (Lipinski definition) is 0. The van der Waals surface area contributed by atoms with Gasteiger partial charge >= 0.3 is 11.7 Å². The lowest BCUT2D eigenvalue weighted by atomic mass is 10.1. The van der Waals surface area contributed by atoms with Crippen molar-refractivity contribution in [2.45, 2.75) is 39.8 Å². The summed E-state index contributed by atoms with van der Waals surface area (Å²) in [6.45, 7) is 5.00. The second-order valence-electron chi connectivity index (χ2n) is 6.52. The quantitative estimate of drug-likeness (QED) is 0.673. The minimum atomic E-state index is -0.386. The standard InChI is InChI=1S/C19H27N3O4/c1-5-11-21-15-8-6-7-9-16(15)22(19(21)25)12-10-17(23)20(3)13-14(2)18(24)26-4/h6-9,14H,5,10-13H2,1-4H3. The van der Waals surface area contributed by atoms with E-state index in [-0.39, 0.29) is 36.4 Å². The molecule has 0 spiro atoms. The van der Waals surface area contributed by atoms with Gasteiger partial charge in [-0.15, -0.1) is 0 Å². The summed E-state index contributed by atoms with van der Waals surface area (Å²) in [6, 6.07) is 7.62. The molecule has 26 heavy (non-hydrogen) atoms. The number of rotatable bonds is 8. The molecule has 7 heteroatoms. The maximum absolute atomic E-state index is 12.7. The Hall–Kier alpha value is -2.57. The highest BCUT2D eigenvalue weighted by molar-refractivity contribution is 5.79. The van der Waals surface area contributed by atoms with Crippen LogP contribution in [0.1, 0.15) is 26.7 Å². The number of nitrogens with zero attached hydrogens (tertiary/aromatic N) is 3. The molecule has 1 atom stereocenters. The number of amides is 1. The summed E-state index contributed by atoms with van der Waals surface area (Å²) in [5, 5.41) is 0. The number of carbonyl (C=O) groups is 2. The van der Waals surface area contributed by atoms with Crippen molar-refractivity contribution in [2.24, 2.45) is 5.92 Å². The van der Waals surface area contributed by atoms with Gasteiger partial charge in [-0.25, -0.2) is 4.79 Å². The molecule has 0 aliphatic heterocycles. The maximum atomic E-state index is 12.7. The molecule has 0 aliphatic rings. The van der Waals surface area contributed by atoms with Crippen LogP contribution in [0.15, 0.2) is 29.1 Å². The number of imidazole rings is 1. The lowest BCUT2D eigenvalue weighted by Gasteiger charge is -2.20. The molecule has 0 saturated heterocycles. The van der Waals surface area contributed by atoms with Gasteiger partial charge in [-0.1, -0.05) is 26.0 Å². The van der Waals surface area contributed by atoms with Gasteiger partial charge in [0.2, 0.25) is 5.91 Å². The number of carbonyl (C=O) groups excluding carboxylic acids is 2. The predicted molar refractivity (Wildman–Crippen MR) is 99.9 cm³/mol. The second-order valence-corrected chi connectivity index (χ2v) is 6.52. The molecule has 2 rings (SSSR count). The van der Waals surface area contributed by atoms with Crippen molar-refractivity contribution in [3.8, 4) is 0 Å². The van der Waals surface area contributed by atoms with Crippen molar-refractivity contribution in [1.29, 1.82) is 0 Å². The number of aryl methyl sites for hydroxylation is 2. The molecular weight excluding hydrogens is 334 g/mol. The van der Waals surface area contributed by atoms with Crippen LogP contribution in [0.25, 0.3) is 11.0 Å². The monoisotopic (exact) mass is 361 g/mol. The third-order valence-electron chi connectivity index (χ3n) is 4.50. The first-order valence-corrected chi connectivity index (χ1v) is 8.90. The van der Waals surface area contributed by atoms with Gasteiger partial charge in [0.05, 0.1) is 24.1 Å². The van der Waals surface area contributed by atoms with Gasteiger partial charge in [0.25, 0.3) is 0 Å². The van der Waals surface area contributed by atoms with Crippen molar-refractivity contribution < 1.29 is 14.3 Å². The number of para-hydroxylation sites is 2. The van der Waals surface area contributed by atoms with E-state index in [1.807, 2.05) is 31.2 Å². The van der Waals surface area contributed by atoms with Crippen LogP contribution in [-0.4, -0.2) is 46.6 Å². The highest BCUT2D eigenvalue weighted by atomic mass is 16.5. The first kappa shape index (κ1) is 19.8. The predicted octanol–water partition coefficient (Wildman–Crippen LogP) is 1.87. The summed E-state index contributed by atoms with van der Waals surface area (Å²) in [6.07, 6.45) is 1.06. The van der Waals surface area contributed by atoms with Crippen LogP contribution in [-0.2, 0) is 27.4 Å². The average Bonchev–Trinajstić information content (AvgIpc) is 2.91. The Bertz CT molecular complexity index is 837. The number of fused-ring (bicyclic) bond motifs is 1. The van der Waals surface area contributed by atoms with E-state index >= 15 is 0 Å². The van der Waals surface area contributed by atoms with Crippen LogP contribution in [0.4, 0.5) is 0 Å². The van der Waals surface area contributed by atoms with E-state index in [0.29, 0.717) is 13.1 Å². The van der Waals surface area contributed by atoms with Gasteiger partial charge in [0.15, 0.2) is 0 Å². The highest BCUT2D eigenvalue weighted by Gasteiger charge is 2.19. The van der Waals surface area contributed by atoms with E-state index in [0.717, 1.165) is 17.5 Å². The molecule has 0 radical (unpaired) electrons. The van der Waals surface area contributed by atoms with Crippen LogP contribution < -0.4 is 5.69 Å². The molecule has 2 aromatic rings. The Labute approximate surface area is 153 Å². The fourth-order valence-electron chi connectivity index (χ4n) is 3.11. The summed E-state index contributed by atoms with van der Waals surface area (Å²) in [7, 11) is 2.99. The van der Waals surface area contributed by atoms with Gasteiger partial charge < -0.3 is 9.64 Å². The molecule has 0 aliphatic carbocycles. The number of ether oxygens (including phenoxy) is 1. The topological polar surface area (TPSA) is 73.5 Å². The molecule has 1 amide bonds. The fourth-order valence-corrected chi connectivity index (χ4v) is 3.11. The smallest absolute Gasteiger partial charge is 0.329 e. The zero-order chi connectivity index (χ0) is 19.3. The minimum Gasteiger partial charge on any atom is -0.469 e. The molecule has 0 fully saturated rings. The molecule has 0 bridgehead atoms. The van der Waals surface area contributed by atoms with Crippen LogP contribution >= 0.6 is 0 Å². The summed E-state index contributed by atoms with van der Waals surface area (Å²) in [4.78, 5) is 38.1. The van der Waals surface area contributed by atoms with Crippen molar-refractivity contribution in [2.75, 3.05) is 20.7 Å². The van der Waals surface area contributed by atoms with E-state index in [1.54, 1.807) is 23.1 Å². The number of esters is 1. The van der Waals surface area contributed by atoms with Gasteiger partial charge in [-0.2, -0.15) is 0 Å². The Morgan fingerprint density at radius 3 is 2.27 bits per heavy atom. The second kappa shape index (κ2) is 8.69. The van der Waals surface area contributed by atoms with Crippen molar-refractivity contribution in [3.63, 3.8) is 0 Å². The van der Waals surface area contributed by atoms with Gasteiger partial charge in [0, 0.05) is 33.1 Å². The van der Waals surface area contributed by atoms with Crippen LogP contribution in [0.2, 0.25) is 0 Å². The third-order valence-corrected chi connectivity index (χ3v) is 4.50. The largest absolute Gasteiger partial charge is 0.469 e. The molecule has 1 unspecified atom stereocenters. The van der Waals surface area contributed by atoms with Crippen LogP contribution in [0, 0.1) is 5.92 Å². The van der Waals surface area contributed by atoms with Crippen molar-refractivity contribution >= 4 is 22.9 Å². The Kier molecular flexibility index (Phi) is 6.60. The zero-order valence-electron chi connectivity index (χ0n) is 15.9. The number of aromatic nitrogens is 2. The first-order valence-electron chi connectivity index (χ1n) is 8.90. The normalized spacial score (nSPS) is 12.2. The molecular formula is C19H27N3O4. The highest BCUT2D eigenvalue weighted by Crippen LogP contribution is 2.14. The Morgan fingerprint density at radius 2 is 1.73 bits per heavy atom. The maximum Gasteiger partial charge on any atom is 0.329 e. The summed E-state index contributed by atoms with van der Waals surface area (Å²) in [5.74, 6) is -0.841. The number of benzene rings is 1. The molecule has 0 saturated carbocycles. The molecule has 7 nitrogen and oxygen atoms in total. The average molecular weight is 361 g/mol. The van der Waals surface area contributed by atoms with Gasteiger partial charge in [-0.05, 0) is 18.6 Å². The van der Waals surface area contributed by atoms with Crippen molar-refractivity contribution in [3.05, 3.63) is 34.7 Å². The van der Waals surface area contributed by atoms with E-state index in [4.69, 9.17) is 0 Å². The summed E-state index contributed by atoms with van der Waals surface area (Å²) >= 11 is 0. The fraction of sp³-hybridized carbons (Fsp3) is 0.526. The first-order chi connectivity index (χ1) is 12.4. The molecule has 142 valence electrons. The van der Waals surface area contributed by atoms with E-state index in [1.165, 1.54) is 12.0 Å². The SMILES string of the molecule is CCCn1c(=O)n(CCC(=O)N(C)CC(C)C(=O)OC)c2ccccc21. The van der Waals surface area contributed by atoms with E-state index < -0.39 is 0 Å². The molecule has 1 aromatic carbocycles. The van der Waals surface area contributed by atoms with Gasteiger partial charge in [0.1, 0.15) is 0 Å². The lowest BCUT2D eigenvalue weighted by molar-refractivity contribution is -0.146. The summed E-state index contributed by atoms with van der Waals surface area (Å²) < 4.78 is 8.09. The number of methoxy groups -OCH3 is 1. The summed E-state index contributed by atoms with van der Waals surface area (Å²) in [5.41, 5.74) is 1.63. The lowest BCUT2D eigenvalue weighted by Crippen LogP contribution is -2.35. The van der Waals surface area contributed by atoms with E-state index in [9.17, 15) is 14.4 Å². The molecule has 1 heterocycles. The van der Waals surface area contributed by atoms with E-state index in [2.05, 4.69) is 4.74 Å². The zero-order valence-corrected chi connectivity index (χ0v) is 15.9. The Balaban J connectivity index is 2.12.